The van der Waals surface area contributed by atoms with Crippen LogP contribution < -0.4 is 5.73 Å². The summed E-state index contributed by atoms with van der Waals surface area (Å²) in [5, 5.41) is 0. The Morgan fingerprint density at radius 1 is 1.44 bits per heavy atom. The van der Waals surface area contributed by atoms with Crippen LogP contribution in [0.4, 0.5) is 0 Å². The molecule has 1 aliphatic heterocycles. The van der Waals surface area contributed by atoms with Crippen molar-refractivity contribution in [2.24, 2.45) is 17.6 Å². The Hall–Kier alpha value is -0.570. The number of carbonyl (C=O) groups excluding carboxylic acids is 1. The molecule has 1 unspecified atom stereocenters. The Kier molecular flexibility index (Phi) is 5.81. The number of nitrogens with zero attached hydrogens (tertiary/aromatic N) is 1. The van der Waals surface area contributed by atoms with Gasteiger partial charge in [-0.3, -0.25) is 4.79 Å². The maximum absolute atomic E-state index is 11.9. The summed E-state index contributed by atoms with van der Waals surface area (Å²) >= 11 is 0. The van der Waals surface area contributed by atoms with Crippen LogP contribution >= 0.6 is 0 Å². The third-order valence-electron chi connectivity index (χ3n) is 3.59. The molecule has 0 aromatic carbocycles. The van der Waals surface area contributed by atoms with Gasteiger partial charge in [-0.15, -0.1) is 0 Å². The SMILES string of the molecule is CCCC1CCN(C(=O)CC(C)CN)CC1. The van der Waals surface area contributed by atoms with E-state index in [-0.39, 0.29) is 0 Å². The Morgan fingerprint density at radius 3 is 2.56 bits per heavy atom. The Labute approximate surface area is 99.4 Å². The molecular weight excluding hydrogens is 200 g/mol. The standard InChI is InChI=1S/C13H26N2O/c1-3-4-12-5-7-15(8-6-12)13(16)9-11(2)10-14/h11-12H,3-10,14H2,1-2H3. The van der Waals surface area contributed by atoms with E-state index in [9.17, 15) is 4.79 Å². The lowest BCUT2D eigenvalue weighted by molar-refractivity contribution is -0.133. The highest BCUT2D eigenvalue weighted by Crippen LogP contribution is 2.22. The molecule has 0 aromatic heterocycles. The molecule has 2 N–H and O–H groups in total. The zero-order valence-corrected chi connectivity index (χ0v) is 10.7. The smallest absolute Gasteiger partial charge is 0.222 e. The van der Waals surface area contributed by atoms with E-state index in [4.69, 9.17) is 5.73 Å². The lowest BCUT2D eigenvalue weighted by atomic mass is 9.92. The molecule has 0 bridgehead atoms. The van der Waals surface area contributed by atoms with Crippen LogP contribution in [0.3, 0.4) is 0 Å². The normalized spacial score (nSPS) is 19.8. The predicted octanol–water partition coefficient (Wildman–Crippen LogP) is 2.01. The maximum atomic E-state index is 11.9. The molecule has 3 nitrogen and oxygen atoms in total. The molecule has 1 rings (SSSR count). The molecule has 1 aliphatic rings. The second-order valence-corrected chi connectivity index (χ2v) is 5.16. The van der Waals surface area contributed by atoms with Crippen molar-refractivity contribution in [3.63, 3.8) is 0 Å². The third-order valence-corrected chi connectivity index (χ3v) is 3.59. The first-order chi connectivity index (χ1) is 7.67. The zero-order valence-electron chi connectivity index (χ0n) is 10.7. The van der Waals surface area contributed by atoms with E-state index in [1.54, 1.807) is 0 Å². The summed E-state index contributed by atoms with van der Waals surface area (Å²) in [7, 11) is 0. The summed E-state index contributed by atoms with van der Waals surface area (Å²) in [5.41, 5.74) is 5.54. The number of likely N-dealkylation sites (tertiary alicyclic amines) is 1. The minimum atomic E-state index is 0.299. The van der Waals surface area contributed by atoms with Gasteiger partial charge in [0.05, 0.1) is 0 Å². The lowest BCUT2D eigenvalue weighted by Gasteiger charge is -2.32. The number of amides is 1. The van der Waals surface area contributed by atoms with Crippen LogP contribution in [0.25, 0.3) is 0 Å². The highest BCUT2D eigenvalue weighted by atomic mass is 16.2. The van der Waals surface area contributed by atoms with Gasteiger partial charge in [-0.2, -0.15) is 0 Å². The number of rotatable bonds is 5. The van der Waals surface area contributed by atoms with E-state index < -0.39 is 0 Å². The molecule has 16 heavy (non-hydrogen) atoms. The molecule has 94 valence electrons. The van der Waals surface area contributed by atoms with Crippen LogP contribution in [-0.4, -0.2) is 30.4 Å². The molecule has 0 radical (unpaired) electrons. The number of nitrogens with two attached hydrogens (primary N) is 1. The van der Waals surface area contributed by atoms with Gasteiger partial charge in [0.25, 0.3) is 0 Å². The van der Waals surface area contributed by atoms with E-state index >= 15 is 0 Å². The molecule has 1 atom stereocenters. The molecule has 0 aromatic rings. The molecule has 1 amide bonds. The van der Waals surface area contributed by atoms with Gasteiger partial charge in [0, 0.05) is 19.5 Å². The van der Waals surface area contributed by atoms with Crippen molar-refractivity contribution in [3.8, 4) is 0 Å². The van der Waals surface area contributed by atoms with Crippen LogP contribution in [-0.2, 0) is 4.79 Å². The first-order valence-electron chi connectivity index (χ1n) is 6.65. The molecule has 1 fully saturated rings. The van der Waals surface area contributed by atoms with E-state index in [0.29, 0.717) is 24.8 Å². The molecule has 1 heterocycles. The van der Waals surface area contributed by atoms with Gasteiger partial charge in [-0.05, 0) is 31.2 Å². The van der Waals surface area contributed by atoms with Crippen molar-refractivity contribution < 1.29 is 4.79 Å². The number of hydrogen-bond donors (Lipinski definition) is 1. The zero-order chi connectivity index (χ0) is 12.0. The summed E-state index contributed by atoms with van der Waals surface area (Å²) in [4.78, 5) is 13.9. The Balaban J connectivity index is 2.27. The highest BCUT2D eigenvalue weighted by Gasteiger charge is 2.22. The summed E-state index contributed by atoms with van der Waals surface area (Å²) in [6.07, 6.45) is 5.59. The minimum absolute atomic E-state index is 0.299. The van der Waals surface area contributed by atoms with Gasteiger partial charge in [0.1, 0.15) is 0 Å². The largest absolute Gasteiger partial charge is 0.343 e. The van der Waals surface area contributed by atoms with Gasteiger partial charge in [-0.25, -0.2) is 0 Å². The van der Waals surface area contributed by atoms with E-state index in [0.717, 1.165) is 19.0 Å². The van der Waals surface area contributed by atoms with Crippen molar-refractivity contribution in [1.29, 1.82) is 0 Å². The highest BCUT2D eigenvalue weighted by molar-refractivity contribution is 5.76. The first-order valence-corrected chi connectivity index (χ1v) is 6.65. The Bertz CT molecular complexity index is 210. The third kappa shape index (κ3) is 4.12. The quantitative estimate of drug-likeness (QED) is 0.779. The van der Waals surface area contributed by atoms with Crippen LogP contribution in [0.5, 0.6) is 0 Å². The monoisotopic (exact) mass is 226 g/mol. The van der Waals surface area contributed by atoms with Gasteiger partial charge in [-0.1, -0.05) is 26.7 Å². The van der Waals surface area contributed by atoms with Crippen molar-refractivity contribution >= 4 is 5.91 Å². The van der Waals surface area contributed by atoms with Gasteiger partial charge in [0.2, 0.25) is 5.91 Å². The predicted molar refractivity (Wildman–Crippen MR) is 67.0 cm³/mol. The maximum Gasteiger partial charge on any atom is 0.222 e. The first kappa shape index (κ1) is 13.5. The molecular formula is C13H26N2O. The number of carbonyl (C=O) groups is 1. The molecule has 3 heteroatoms. The lowest BCUT2D eigenvalue weighted by Crippen LogP contribution is -2.39. The molecule has 0 saturated carbocycles. The summed E-state index contributed by atoms with van der Waals surface area (Å²) in [5.74, 6) is 1.47. The topological polar surface area (TPSA) is 46.3 Å². The van der Waals surface area contributed by atoms with Crippen molar-refractivity contribution in [3.05, 3.63) is 0 Å². The molecule has 0 spiro atoms. The van der Waals surface area contributed by atoms with Gasteiger partial charge < -0.3 is 10.6 Å². The van der Waals surface area contributed by atoms with E-state index in [1.807, 2.05) is 11.8 Å². The molecule has 0 aliphatic carbocycles. The summed E-state index contributed by atoms with van der Waals surface area (Å²) in [6.45, 7) is 6.81. The van der Waals surface area contributed by atoms with Crippen molar-refractivity contribution in [1.82, 2.24) is 4.90 Å². The average Bonchev–Trinajstić information content (AvgIpc) is 2.30. The summed E-state index contributed by atoms with van der Waals surface area (Å²) < 4.78 is 0. The van der Waals surface area contributed by atoms with Crippen molar-refractivity contribution in [2.45, 2.75) is 46.0 Å². The van der Waals surface area contributed by atoms with Crippen molar-refractivity contribution in [2.75, 3.05) is 19.6 Å². The van der Waals surface area contributed by atoms with Crippen LogP contribution in [0, 0.1) is 11.8 Å². The van der Waals surface area contributed by atoms with Crippen LogP contribution in [0.15, 0.2) is 0 Å². The van der Waals surface area contributed by atoms with E-state index in [1.165, 1.54) is 25.7 Å². The minimum Gasteiger partial charge on any atom is -0.343 e. The van der Waals surface area contributed by atoms with Crippen LogP contribution in [0.2, 0.25) is 0 Å². The number of piperidine rings is 1. The molecule has 1 saturated heterocycles. The van der Waals surface area contributed by atoms with Gasteiger partial charge in [0.15, 0.2) is 0 Å². The fourth-order valence-corrected chi connectivity index (χ4v) is 2.39. The number of hydrogen-bond acceptors (Lipinski definition) is 2. The average molecular weight is 226 g/mol. The fourth-order valence-electron chi connectivity index (χ4n) is 2.39. The summed E-state index contributed by atoms with van der Waals surface area (Å²) in [6, 6.07) is 0. The van der Waals surface area contributed by atoms with E-state index in [2.05, 4.69) is 6.92 Å². The Morgan fingerprint density at radius 2 is 2.06 bits per heavy atom. The van der Waals surface area contributed by atoms with Crippen LogP contribution in [0.1, 0.15) is 46.0 Å². The second-order valence-electron chi connectivity index (χ2n) is 5.16. The van der Waals surface area contributed by atoms with Gasteiger partial charge >= 0.3 is 0 Å². The second kappa shape index (κ2) is 6.89. The fraction of sp³-hybridized carbons (Fsp3) is 0.923.